The molecule has 3 heterocycles. The summed E-state index contributed by atoms with van der Waals surface area (Å²) in [6, 6.07) is 18.4. The largest absolute Gasteiger partial charge is 0.478 e. The number of rotatable bonds is 5. The smallest absolute Gasteiger partial charge is 0.338 e. The van der Waals surface area contributed by atoms with E-state index in [1.165, 1.54) is 29.1 Å². The predicted molar refractivity (Wildman–Crippen MR) is 133 cm³/mol. The zero-order valence-corrected chi connectivity index (χ0v) is 20.1. The summed E-state index contributed by atoms with van der Waals surface area (Å²) in [6.07, 6.45) is 1.59. The van der Waals surface area contributed by atoms with Crippen molar-refractivity contribution in [1.29, 1.82) is 0 Å². The number of methoxy groups -OCH3 is 1. The third-order valence-corrected chi connectivity index (χ3v) is 6.85. The number of hydrogen-bond donors (Lipinski definition) is 1. The minimum Gasteiger partial charge on any atom is -0.478 e. The van der Waals surface area contributed by atoms with Crippen LogP contribution in [-0.4, -0.2) is 28.7 Å². The normalized spacial score (nSPS) is 15.4. The standard InChI is InChI=1S/C27H20N2O6S/c1-15-22(26(33)34-2)23(16-8-4-3-5-9-16)29-24(30)21(36-27(29)28-15)14-17-12-13-20(35-17)18-10-6-7-11-19(18)25(31)32/h3-14,23H,1-2H3,(H,31,32)/b21-14-/t23-/m0/s1. The van der Waals surface area contributed by atoms with Crippen molar-refractivity contribution in [2.75, 3.05) is 7.11 Å². The molecule has 36 heavy (non-hydrogen) atoms. The molecule has 1 aliphatic rings. The van der Waals surface area contributed by atoms with Crippen molar-refractivity contribution in [2.24, 2.45) is 4.99 Å². The molecule has 4 aromatic rings. The van der Waals surface area contributed by atoms with Crippen LogP contribution in [-0.2, 0) is 9.53 Å². The molecule has 0 unspecified atom stereocenters. The fourth-order valence-electron chi connectivity index (χ4n) is 4.23. The Hall–Kier alpha value is -4.50. The monoisotopic (exact) mass is 500 g/mol. The predicted octanol–water partition coefficient (Wildman–Crippen LogP) is 3.37. The van der Waals surface area contributed by atoms with E-state index in [0.29, 0.717) is 37.7 Å². The Labute approximate surface area is 208 Å². The third-order valence-electron chi connectivity index (χ3n) is 5.87. The number of allylic oxidation sites excluding steroid dienone is 1. The third kappa shape index (κ3) is 3.99. The number of aromatic carboxylic acids is 1. The minimum absolute atomic E-state index is 0.117. The summed E-state index contributed by atoms with van der Waals surface area (Å²) in [5.41, 5.74) is 1.76. The second-order valence-electron chi connectivity index (χ2n) is 8.04. The van der Waals surface area contributed by atoms with Gasteiger partial charge in [0.2, 0.25) is 0 Å². The highest BCUT2D eigenvalue weighted by molar-refractivity contribution is 7.07. The summed E-state index contributed by atoms with van der Waals surface area (Å²) in [5, 5.41) is 9.48. The lowest BCUT2D eigenvalue weighted by Crippen LogP contribution is -2.39. The van der Waals surface area contributed by atoms with E-state index in [1.54, 1.807) is 43.3 Å². The zero-order valence-electron chi connectivity index (χ0n) is 19.3. The fraction of sp³-hybridized carbons (Fsp3) is 0.111. The number of carbonyl (C=O) groups excluding carboxylic acids is 1. The molecule has 1 atom stereocenters. The zero-order chi connectivity index (χ0) is 25.4. The number of esters is 1. The molecule has 0 saturated heterocycles. The van der Waals surface area contributed by atoms with Gasteiger partial charge in [0, 0.05) is 11.6 Å². The number of benzene rings is 2. The van der Waals surface area contributed by atoms with Crippen LogP contribution in [0.5, 0.6) is 0 Å². The summed E-state index contributed by atoms with van der Waals surface area (Å²) in [5.74, 6) is -0.852. The molecule has 5 rings (SSSR count). The Morgan fingerprint density at radius 1 is 1.08 bits per heavy atom. The van der Waals surface area contributed by atoms with Crippen molar-refractivity contribution in [3.8, 4) is 11.3 Å². The van der Waals surface area contributed by atoms with Crippen LogP contribution in [0.1, 0.15) is 34.6 Å². The Morgan fingerprint density at radius 3 is 2.53 bits per heavy atom. The van der Waals surface area contributed by atoms with E-state index in [4.69, 9.17) is 9.15 Å². The Bertz CT molecular complexity index is 1710. The quantitative estimate of drug-likeness (QED) is 0.421. The lowest BCUT2D eigenvalue weighted by molar-refractivity contribution is -0.136. The molecule has 2 aromatic carbocycles. The number of carbonyl (C=O) groups is 2. The summed E-state index contributed by atoms with van der Waals surface area (Å²) in [4.78, 5) is 42.8. The van der Waals surface area contributed by atoms with Gasteiger partial charge in [-0.15, -0.1) is 0 Å². The van der Waals surface area contributed by atoms with Crippen LogP contribution in [0.25, 0.3) is 17.4 Å². The summed E-state index contributed by atoms with van der Waals surface area (Å²) in [6.45, 7) is 1.72. The van der Waals surface area contributed by atoms with E-state index in [0.717, 1.165) is 5.56 Å². The van der Waals surface area contributed by atoms with Gasteiger partial charge in [-0.3, -0.25) is 9.36 Å². The molecule has 180 valence electrons. The molecule has 9 heteroatoms. The summed E-state index contributed by atoms with van der Waals surface area (Å²) < 4.78 is 12.7. The van der Waals surface area contributed by atoms with E-state index in [-0.39, 0.29) is 11.1 Å². The number of furan rings is 1. The van der Waals surface area contributed by atoms with Crippen LogP contribution < -0.4 is 14.9 Å². The van der Waals surface area contributed by atoms with Gasteiger partial charge in [0.05, 0.1) is 34.5 Å². The molecule has 2 aromatic heterocycles. The van der Waals surface area contributed by atoms with E-state index in [2.05, 4.69) is 4.99 Å². The van der Waals surface area contributed by atoms with Crippen molar-refractivity contribution in [3.05, 3.63) is 115 Å². The van der Waals surface area contributed by atoms with Gasteiger partial charge in [-0.05, 0) is 30.7 Å². The van der Waals surface area contributed by atoms with Gasteiger partial charge in [-0.1, -0.05) is 59.9 Å². The molecule has 0 amide bonds. The number of fused-ring (bicyclic) bond motifs is 1. The highest BCUT2D eigenvalue weighted by Crippen LogP contribution is 2.30. The molecule has 0 aliphatic carbocycles. The van der Waals surface area contributed by atoms with Crippen molar-refractivity contribution >= 4 is 29.4 Å². The molecule has 0 fully saturated rings. The van der Waals surface area contributed by atoms with E-state index in [9.17, 15) is 19.5 Å². The van der Waals surface area contributed by atoms with Gasteiger partial charge in [0.1, 0.15) is 11.5 Å². The topological polar surface area (TPSA) is 111 Å². The number of hydrogen-bond acceptors (Lipinski definition) is 7. The first-order valence-electron chi connectivity index (χ1n) is 11.0. The average Bonchev–Trinajstić information content (AvgIpc) is 3.47. The van der Waals surface area contributed by atoms with Crippen molar-refractivity contribution in [2.45, 2.75) is 13.0 Å². The molecule has 8 nitrogen and oxygen atoms in total. The lowest BCUT2D eigenvalue weighted by atomic mass is 9.96. The molecule has 0 bridgehead atoms. The fourth-order valence-corrected chi connectivity index (χ4v) is 5.26. The van der Waals surface area contributed by atoms with Gasteiger partial charge >= 0.3 is 11.9 Å². The highest BCUT2D eigenvalue weighted by Gasteiger charge is 2.32. The average molecular weight is 501 g/mol. The molecular weight excluding hydrogens is 480 g/mol. The van der Waals surface area contributed by atoms with Crippen molar-refractivity contribution < 1.29 is 23.8 Å². The maximum absolute atomic E-state index is 13.6. The first-order valence-corrected chi connectivity index (χ1v) is 11.8. The van der Waals surface area contributed by atoms with Crippen LogP contribution in [0.2, 0.25) is 0 Å². The van der Waals surface area contributed by atoms with E-state index >= 15 is 0 Å². The van der Waals surface area contributed by atoms with Gasteiger partial charge in [-0.2, -0.15) is 0 Å². The van der Waals surface area contributed by atoms with E-state index < -0.39 is 18.0 Å². The SMILES string of the molecule is COC(=O)C1=C(C)N=c2s/c(=C\c3ccc(-c4ccccc4C(=O)O)o3)c(=O)n2[C@H]1c1ccccc1. The van der Waals surface area contributed by atoms with E-state index in [1.807, 2.05) is 30.3 Å². The number of ether oxygens (including phenoxy) is 1. The summed E-state index contributed by atoms with van der Waals surface area (Å²) >= 11 is 1.18. The Morgan fingerprint density at radius 2 is 1.81 bits per heavy atom. The molecule has 0 saturated carbocycles. The molecule has 1 aliphatic heterocycles. The van der Waals surface area contributed by atoms with Crippen molar-refractivity contribution in [1.82, 2.24) is 4.57 Å². The molecule has 0 radical (unpaired) electrons. The van der Waals surface area contributed by atoms with Crippen LogP contribution in [0.4, 0.5) is 0 Å². The molecule has 1 N–H and O–H groups in total. The first-order chi connectivity index (χ1) is 17.4. The van der Waals surface area contributed by atoms with Crippen LogP contribution >= 0.6 is 11.3 Å². The van der Waals surface area contributed by atoms with Gasteiger partial charge in [0.25, 0.3) is 5.56 Å². The van der Waals surface area contributed by atoms with Crippen LogP contribution in [0.3, 0.4) is 0 Å². The van der Waals surface area contributed by atoms with Crippen molar-refractivity contribution in [3.63, 3.8) is 0 Å². The second-order valence-corrected chi connectivity index (χ2v) is 9.05. The number of nitrogens with zero attached hydrogens (tertiary/aromatic N) is 2. The summed E-state index contributed by atoms with van der Waals surface area (Å²) in [7, 11) is 1.30. The van der Waals surface area contributed by atoms with Gasteiger partial charge < -0.3 is 14.3 Å². The second kappa shape index (κ2) is 9.27. The number of carboxylic acid groups (broad SMARTS) is 1. The van der Waals surface area contributed by atoms with Crippen LogP contribution in [0, 0.1) is 0 Å². The first kappa shape index (κ1) is 23.3. The van der Waals surface area contributed by atoms with Gasteiger partial charge in [-0.25, -0.2) is 14.6 Å². The van der Waals surface area contributed by atoms with Crippen LogP contribution in [0.15, 0.2) is 92.2 Å². The number of thiazole rings is 1. The number of carboxylic acids is 1. The highest BCUT2D eigenvalue weighted by atomic mass is 32.1. The Balaban J connectivity index is 1.64. The number of aromatic nitrogens is 1. The molecular formula is C27H20N2O6S. The minimum atomic E-state index is -1.06. The maximum atomic E-state index is 13.6. The van der Waals surface area contributed by atoms with Gasteiger partial charge in [0.15, 0.2) is 4.80 Å². The molecule has 0 spiro atoms. The Kier molecular flexibility index (Phi) is 5.99. The maximum Gasteiger partial charge on any atom is 0.338 e. The lowest BCUT2D eigenvalue weighted by Gasteiger charge is -2.24.